The van der Waals surface area contributed by atoms with E-state index in [2.05, 4.69) is 28.6 Å². The molecule has 3 heterocycles. The smallest absolute Gasteiger partial charge is 0.318 e. The van der Waals surface area contributed by atoms with Gasteiger partial charge in [0.2, 0.25) is 0 Å². The lowest BCUT2D eigenvalue weighted by Crippen LogP contribution is -2.50. The Hall–Kier alpha value is -2.79. The molecule has 1 unspecified atom stereocenters. The van der Waals surface area contributed by atoms with E-state index in [-0.39, 0.29) is 19.5 Å². The number of nitrogens with one attached hydrogen (secondary N) is 1. The van der Waals surface area contributed by atoms with Crippen molar-refractivity contribution in [3.05, 3.63) is 23.5 Å². The summed E-state index contributed by atoms with van der Waals surface area (Å²) in [5.74, 6) is 10.7. The Kier molecular flexibility index (Phi) is 5.21. The maximum absolute atomic E-state index is 12.7. The van der Waals surface area contributed by atoms with Gasteiger partial charge in [0.1, 0.15) is 0 Å². The first-order chi connectivity index (χ1) is 15.0. The van der Waals surface area contributed by atoms with Gasteiger partial charge >= 0.3 is 6.03 Å². The molecule has 0 aliphatic carbocycles. The standard InChI is InChI=1S/C20H24N4O5S/c1-20(18(25)21-27,30(3,28)29)8-9-23-14-17-10-15(13-24(17)19(23)26)6-4-5-7-16-11-22(2)12-16/h10,13,16,27H,8-9,11-12,14H2,1-3H3,(H,21,25)/i3D2. The number of likely N-dealkylation sites (tertiary alicyclic amines) is 1. The van der Waals surface area contributed by atoms with E-state index >= 15 is 0 Å². The van der Waals surface area contributed by atoms with Gasteiger partial charge in [-0.05, 0) is 38.3 Å². The van der Waals surface area contributed by atoms with E-state index in [1.165, 1.54) is 14.9 Å². The van der Waals surface area contributed by atoms with Gasteiger partial charge in [-0.25, -0.2) is 18.7 Å². The van der Waals surface area contributed by atoms with Crippen LogP contribution in [-0.4, -0.2) is 77.6 Å². The molecule has 2 aliphatic heterocycles. The summed E-state index contributed by atoms with van der Waals surface area (Å²) in [5, 5.41) is 8.95. The Labute approximate surface area is 178 Å². The first-order valence-electron chi connectivity index (χ1n) is 10.4. The molecule has 10 heteroatoms. The zero-order valence-corrected chi connectivity index (χ0v) is 17.5. The predicted molar refractivity (Wildman–Crippen MR) is 109 cm³/mol. The summed E-state index contributed by atoms with van der Waals surface area (Å²) in [5.41, 5.74) is 2.58. The summed E-state index contributed by atoms with van der Waals surface area (Å²) in [4.78, 5) is 28.2. The predicted octanol–water partition coefficient (Wildman–Crippen LogP) is -0.113. The third kappa shape index (κ3) is 4.21. The molecule has 1 fully saturated rings. The van der Waals surface area contributed by atoms with Crippen LogP contribution in [0.3, 0.4) is 0 Å². The molecule has 2 N–H and O–H groups in total. The lowest BCUT2D eigenvalue weighted by atomic mass is 10.0. The molecule has 160 valence electrons. The summed E-state index contributed by atoms with van der Waals surface area (Å²) in [6.07, 6.45) is -1.13. The van der Waals surface area contributed by atoms with Crippen LogP contribution in [0, 0.1) is 29.6 Å². The van der Waals surface area contributed by atoms with Gasteiger partial charge in [0, 0.05) is 52.0 Å². The highest BCUT2D eigenvalue weighted by molar-refractivity contribution is 7.92. The van der Waals surface area contributed by atoms with Crippen LogP contribution in [0.15, 0.2) is 12.3 Å². The van der Waals surface area contributed by atoms with E-state index in [1.807, 2.05) is 7.05 Å². The number of aromatic nitrogens is 1. The lowest BCUT2D eigenvalue weighted by Gasteiger charge is -2.32. The Morgan fingerprint density at radius 3 is 2.77 bits per heavy atom. The van der Waals surface area contributed by atoms with Crippen LogP contribution in [-0.2, 0) is 21.2 Å². The zero-order chi connectivity index (χ0) is 23.7. The molecule has 1 saturated heterocycles. The number of fused-ring (bicyclic) bond motifs is 1. The van der Waals surface area contributed by atoms with Gasteiger partial charge < -0.3 is 9.80 Å². The van der Waals surface area contributed by atoms with Crippen LogP contribution >= 0.6 is 0 Å². The zero-order valence-electron chi connectivity index (χ0n) is 18.7. The van der Waals surface area contributed by atoms with Gasteiger partial charge in [-0.15, -0.1) is 0 Å². The number of carbonyl (C=O) groups excluding carboxylic acids is 2. The summed E-state index contributed by atoms with van der Waals surface area (Å²) in [6.45, 7) is 2.96. The normalized spacial score (nSPS) is 19.5. The fourth-order valence-corrected chi connectivity index (χ4v) is 4.03. The number of carbonyl (C=O) groups is 2. The van der Waals surface area contributed by atoms with Gasteiger partial charge in [0.25, 0.3) is 5.91 Å². The van der Waals surface area contributed by atoms with E-state index < -0.39 is 32.7 Å². The highest BCUT2D eigenvalue weighted by Crippen LogP contribution is 2.25. The average Bonchev–Trinajstić information content (AvgIpc) is 3.25. The number of hydrogen-bond donors (Lipinski definition) is 2. The minimum absolute atomic E-state index is 0.126. The lowest BCUT2D eigenvalue weighted by molar-refractivity contribution is -0.131. The van der Waals surface area contributed by atoms with Gasteiger partial charge in [0.15, 0.2) is 14.6 Å². The Bertz CT molecular complexity index is 1150. The molecule has 30 heavy (non-hydrogen) atoms. The van der Waals surface area contributed by atoms with Crippen LogP contribution in [0.5, 0.6) is 0 Å². The van der Waals surface area contributed by atoms with Crippen molar-refractivity contribution in [2.75, 3.05) is 32.9 Å². The summed E-state index contributed by atoms with van der Waals surface area (Å²) >= 11 is 0. The molecule has 0 spiro atoms. The van der Waals surface area contributed by atoms with Gasteiger partial charge in [-0.3, -0.25) is 14.6 Å². The maximum Gasteiger partial charge on any atom is 0.328 e. The molecule has 9 nitrogen and oxygen atoms in total. The summed E-state index contributed by atoms with van der Waals surface area (Å²) < 4.78 is 38.4. The van der Waals surface area contributed by atoms with Gasteiger partial charge in [-0.1, -0.05) is 11.8 Å². The molecule has 0 saturated carbocycles. The van der Waals surface area contributed by atoms with E-state index in [4.69, 9.17) is 7.95 Å². The third-order valence-electron chi connectivity index (χ3n) is 5.41. The average molecular weight is 435 g/mol. The van der Waals surface area contributed by atoms with Gasteiger partial charge in [0.05, 0.1) is 6.54 Å². The van der Waals surface area contributed by atoms with Crippen LogP contribution in [0.25, 0.3) is 0 Å². The number of sulfone groups is 1. The monoisotopic (exact) mass is 434 g/mol. The number of amides is 2. The number of hydrogen-bond acceptors (Lipinski definition) is 6. The molecule has 0 bridgehead atoms. The Morgan fingerprint density at radius 2 is 2.17 bits per heavy atom. The van der Waals surface area contributed by atoms with E-state index in [0.717, 1.165) is 20.0 Å². The van der Waals surface area contributed by atoms with E-state index in [9.17, 15) is 18.0 Å². The topological polar surface area (TPSA) is 112 Å². The van der Waals surface area contributed by atoms with Crippen molar-refractivity contribution in [2.45, 2.75) is 24.6 Å². The van der Waals surface area contributed by atoms with Crippen molar-refractivity contribution in [3.8, 4) is 23.7 Å². The SMILES string of the molecule is [2H]C([2H])S(=O)(=O)C(C)(CCN1Cc2cc(C#CC#CC3CN(C)C3)cn2C1=O)C(=O)NO. The molecular formula is C20H24N4O5S. The van der Waals surface area contributed by atoms with E-state index in [1.54, 1.807) is 12.3 Å². The second-order valence-corrected chi connectivity index (χ2v) is 9.69. The van der Waals surface area contributed by atoms with Gasteiger partial charge in [-0.2, -0.15) is 0 Å². The highest BCUT2D eigenvalue weighted by Gasteiger charge is 2.44. The van der Waals surface area contributed by atoms with Crippen molar-refractivity contribution < 1.29 is 26.0 Å². The highest BCUT2D eigenvalue weighted by atomic mass is 32.2. The number of nitrogens with zero attached hydrogens (tertiary/aromatic N) is 3. The van der Waals surface area contributed by atoms with Crippen molar-refractivity contribution in [1.29, 1.82) is 0 Å². The van der Waals surface area contributed by atoms with Crippen molar-refractivity contribution in [2.24, 2.45) is 5.92 Å². The number of hydroxylamine groups is 1. The summed E-state index contributed by atoms with van der Waals surface area (Å²) in [6, 6.07) is 1.33. The second-order valence-electron chi connectivity index (χ2n) is 7.70. The van der Waals surface area contributed by atoms with Crippen molar-refractivity contribution >= 4 is 21.8 Å². The quantitative estimate of drug-likeness (QED) is 0.380. The largest absolute Gasteiger partial charge is 0.328 e. The second kappa shape index (κ2) is 8.15. The third-order valence-corrected chi connectivity index (χ3v) is 7.05. The Balaban J connectivity index is 1.66. The first-order valence-corrected chi connectivity index (χ1v) is 10.8. The molecular weight excluding hydrogens is 408 g/mol. The Morgan fingerprint density at radius 1 is 1.43 bits per heavy atom. The van der Waals surface area contributed by atoms with Crippen LogP contribution < -0.4 is 5.48 Å². The molecule has 0 radical (unpaired) electrons. The molecule has 2 amide bonds. The summed E-state index contributed by atoms with van der Waals surface area (Å²) in [7, 11) is -2.53. The number of rotatable bonds is 5. The molecule has 1 aromatic heterocycles. The maximum atomic E-state index is 12.7. The molecule has 1 atom stereocenters. The molecule has 1 aromatic rings. The van der Waals surface area contributed by atoms with E-state index in [0.29, 0.717) is 17.2 Å². The van der Waals surface area contributed by atoms with Crippen LogP contribution in [0.1, 0.15) is 27.3 Å². The minimum Gasteiger partial charge on any atom is -0.318 e. The van der Waals surface area contributed by atoms with Crippen LogP contribution in [0.4, 0.5) is 4.79 Å². The molecule has 3 rings (SSSR count). The van der Waals surface area contributed by atoms with Crippen molar-refractivity contribution in [1.82, 2.24) is 19.8 Å². The molecule has 2 aliphatic rings. The van der Waals surface area contributed by atoms with Crippen molar-refractivity contribution in [3.63, 3.8) is 0 Å². The first kappa shape index (κ1) is 19.2. The fraction of sp³-hybridized carbons (Fsp3) is 0.500. The fourth-order valence-electron chi connectivity index (χ4n) is 3.35. The minimum atomic E-state index is -4.56. The molecule has 0 aromatic carbocycles. The van der Waals surface area contributed by atoms with Crippen LogP contribution in [0.2, 0.25) is 0 Å².